The van der Waals surface area contributed by atoms with Gasteiger partial charge in [-0.1, -0.05) is 50.1 Å². The van der Waals surface area contributed by atoms with E-state index >= 15 is 0 Å². The van der Waals surface area contributed by atoms with Crippen LogP contribution in [0.1, 0.15) is 44.2 Å². The molecule has 10 heteroatoms. The molecule has 1 N–H and O–H groups in total. The van der Waals surface area contributed by atoms with Crippen LogP contribution < -0.4 is 14.4 Å². The van der Waals surface area contributed by atoms with Crippen LogP contribution in [0.5, 0.6) is 5.75 Å². The van der Waals surface area contributed by atoms with Gasteiger partial charge in [-0.05, 0) is 80.1 Å². The molecule has 2 amide bonds. The van der Waals surface area contributed by atoms with Crippen LogP contribution in [0.3, 0.4) is 0 Å². The Morgan fingerprint density at radius 2 is 1.69 bits per heavy atom. The monoisotopic (exact) mass is 611 g/mol. The van der Waals surface area contributed by atoms with Crippen LogP contribution in [0, 0.1) is 6.92 Å². The molecule has 0 spiro atoms. The number of sulfonamides is 1. The van der Waals surface area contributed by atoms with E-state index in [0.717, 1.165) is 33.2 Å². The first-order valence-corrected chi connectivity index (χ1v) is 16.7. The number of aryl methyl sites for hydroxylation is 1. The number of carbonyl (C=O) groups excluding carboxylic acids is 2. The molecule has 3 aromatic carbocycles. The van der Waals surface area contributed by atoms with E-state index in [4.69, 9.17) is 4.74 Å². The average Bonchev–Trinajstić information content (AvgIpc) is 3.00. The Morgan fingerprint density at radius 3 is 2.29 bits per heavy atom. The number of hydrogen-bond acceptors (Lipinski definition) is 6. The Labute approximate surface area is 254 Å². The molecule has 1 unspecified atom stereocenters. The summed E-state index contributed by atoms with van der Waals surface area (Å²) in [5.41, 5.74) is 2.09. The van der Waals surface area contributed by atoms with Crippen LogP contribution >= 0.6 is 11.8 Å². The van der Waals surface area contributed by atoms with E-state index in [-0.39, 0.29) is 17.3 Å². The zero-order valence-corrected chi connectivity index (χ0v) is 26.6. The van der Waals surface area contributed by atoms with Gasteiger partial charge in [0, 0.05) is 18.0 Å². The molecule has 0 aromatic heterocycles. The number of amides is 2. The largest absolute Gasteiger partial charge is 0.497 e. The molecule has 0 heterocycles. The second-order valence-electron chi connectivity index (χ2n) is 9.96. The average molecular weight is 612 g/mol. The lowest BCUT2D eigenvalue weighted by molar-refractivity contribution is -0.140. The second kappa shape index (κ2) is 15.7. The van der Waals surface area contributed by atoms with Crippen LogP contribution in [-0.2, 0) is 26.2 Å². The normalized spacial score (nSPS) is 11.9. The highest BCUT2D eigenvalue weighted by molar-refractivity contribution is 7.98. The van der Waals surface area contributed by atoms with Crippen molar-refractivity contribution < 1.29 is 22.7 Å². The fourth-order valence-electron chi connectivity index (χ4n) is 4.51. The van der Waals surface area contributed by atoms with Crippen LogP contribution in [0.2, 0.25) is 0 Å². The van der Waals surface area contributed by atoms with Crippen LogP contribution in [0.4, 0.5) is 5.69 Å². The summed E-state index contributed by atoms with van der Waals surface area (Å²) in [4.78, 5) is 30.0. The molecular formula is C32H41N3O5S2. The van der Waals surface area contributed by atoms with Crippen molar-refractivity contribution >= 4 is 39.3 Å². The first-order valence-electron chi connectivity index (χ1n) is 14.1. The fourth-order valence-corrected chi connectivity index (χ4v) is 6.33. The summed E-state index contributed by atoms with van der Waals surface area (Å²) >= 11 is 1.51. The lowest BCUT2D eigenvalue weighted by Crippen LogP contribution is -2.52. The van der Waals surface area contributed by atoms with Crippen molar-refractivity contribution in [1.29, 1.82) is 0 Å². The number of unbranched alkanes of at least 4 members (excludes halogenated alkanes) is 1. The highest BCUT2D eigenvalue weighted by Gasteiger charge is 2.33. The van der Waals surface area contributed by atoms with Crippen molar-refractivity contribution in [3.8, 4) is 5.75 Å². The minimum atomic E-state index is -4.12. The third-order valence-electron chi connectivity index (χ3n) is 6.95. The Bertz CT molecular complexity index is 1430. The van der Waals surface area contributed by atoms with Gasteiger partial charge in [0.15, 0.2) is 0 Å². The number of rotatable bonds is 15. The number of anilines is 1. The maximum Gasteiger partial charge on any atom is 0.264 e. The molecule has 0 bridgehead atoms. The van der Waals surface area contributed by atoms with Gasteiger partial charge in [0.05, 0.1) is 17.7 Å². The highest BCUT2D eigenvalue weighted by Crippen LogP contribution is 2.27. The van der Waals surface area contributed by atoms with E-state index < -0.39 is 28.5 Å². The first kappa shape index (κ1) is 33.0. The third kappa shape index (κ3) is 8.51. The molecule has 0 saturated heterocycles. The highest BCUT2D eigenvalue weighted by atomic mass is 32.2. The van der Waals surface area contributed by atoms with E-state index in [9.17, 15) is 18.0 Å². The number of ether oxygens (including phenoxy) is 1. The summed E-state index contributed by atoms with van der Waals surface area (Å²) in [5.74, 6) is -0.127. The Morgan fingerprint density at radius 1 is 1.00 bits per heavy atom. The van der Waals surface area contributed by atoms with Crippen LogP contribution in [0.25, 0.3) is 0 Å². The maximum atomic E-state index is 14.2. The Hall–Kier alpha value is -3.50. The number of methoxy groups -OCH3 is 1. The number of nitrogens with one attached hydrogen (secondary N) is 1. The summed E-state index contributed by atoms with van der Waals surface area (Å²) in [5, 5.41) is 2.95. The molecule has 42 heavy (non-hydrogen) atoms. The Balaban J connectivity index is 2.04. The summed E-state index contributed by atoms with van der Waals surface area (Å²) < 4.78 is 34.5. The molecular weight excluding hydrogens is 571 g/mol. The van der Waals surface area contributed by atoms with Crippen LogP contribution in [0.15, 0.2) is 82.6 Å². The predicted molar refractivity (Wildman–Crippen MR) is 169 cm³/mol. The van der Waals surface area contributed by atoms with Crippen molar-refractivity contribution in [1.82, 2.24) is 10.2 Å². The lowest BCUT2D eigenvalue weighted by atomic mass is 10.1. The molecule has 0 aliphatic heterocycles. The first-order chi connectivity index (χ1) is 20.1. The third-order valence-corrected chi connectivity index (χ3v) is 9.48. The second-order valence-corrected chi connectivity index (χ2v) is 12.7. The molecule has 8 nitrogen and oxygen atoms in total. The number of thioether (sulfide) groups is 1. The number of benzene rings is 3. The van der Waals surface area contributed by atoms with E-state index in [2.05, 4.69) is 5.32 Å². The van der Waals surface area contributed by atoms with E-state index in [1.165, 1.54) is 16.7 Å². The molecule has 0 radical (unpaired) electrons. The summed E-state index contributed by atoms with van der Waals surface area (Å²) in [6.45, 7) is 5.93. The molecule has 226 valence electrons. The number of nitrogens with zero attached hydrogens (tertiary/aromatic N) is 2. The van der Waals surface area contributed by atoms with E-state index in [1.54, 1.807) is 49.6 Å². The van der Waals surface area contributed by atoms with E-state index in [1.807, 2.05) is 57.4 Å². The van der Waals surface area contributed by atoms with Gasteiger partial charge in [0.1, 0.15) is 18.3 Å². The number of hydrogen-bond donors (Lipinski definition) is 1. The van der Waals surface area contributed by atoms with Crippen molar-refractivity contribution in [3.05, 3.63) is 83.9 Å². The van der Waals surface area contributed by atoms with Gasteiger partial charge >= 0.3 is 0 Å². The molecule has 1 atom stereocenters. The minimum Gasteiger partial charge on any atom is -0.497 e. The van der Waals surface area contributed by atoms with Gasteiger partial charge in [-0.25, -0.2) is 8.42 Å². The maximum absolute atomic E-state index is 14.2. The molecule has 3 rings (SSSR count). The smallest absolute Gasteiger partial charge is 0.264 e. The summed E-state index contributed by atoms with van der Waals surface area (Å²) in [6, 6.07) is 20.1. The van der Waals surface area contributed by atoms with Crippen molar-refractivity contribution in [2.24, 2.45) is 0 Å². The topological polar surface area (TPSA) is 96.0 Å². The van der Waals surface area contributed by atoms with Crippen LogP contribution in [-0.4, -0.2) is 57.6 Å². The van der Waals surface area contributed by atoms with Gasteiger partial charge in [-0.2, -0.15) is 0 Å². The Kier molecular flexibility index (Phi) is 12.3. The van der Waals surface area contributed by atoms with Gasteiger partial charge in [-0.15, -0.1) is 11.8 Å². The van der Waals surface area contributed by atoms with Gasteiger partial charge in [0.25, 0.3) is 10.0 Å². The number of carbonyl (C=O) groups is 2. The molecule has 0 aliphatic rings. The van der Waals surface area contributed by atoms with E-state index in [0.29, 0.717) is 24.4 Å². The zero-order valence-electron chi connectivity index (χ0n) is 25.0. The molecule has 0 aliphatic carbocycles. The summed E-state index contributed by atoms with van der Waals surface area (Å²) in [6.07, 6.45) is 4.02. The fraction of sp³-hybridized carbons (Fsp3) is 0.375. The van der Waals surface area contributed by atoms with Crippen molar-refractivity contribution in [3.63, 3.8) is 0 Å². The van der Waals surface area contributed by atoms with Gasteiger partial charge < -0.3 is 15.0 Å². The minimum absolute atomic E-state index is 0.0809. The molecule has 3 aromatic rings. The SMILES string of the molecule is CCCCNC(=O)C(CC)N(Cc1cccc(OC)c1)C(=O)CN(c1ccc(C)cc1)S(=O)(=O)c1ccc(SC)cc1. The van der Waals surface area contributed by atoms with Gasteiger partial charge in [0.2, 0.25) is 11.8 Å². The van der Waals surface area contributed by atoms with Gasteiger partial charge in [-0.3, -0.25) is 13.9 Å². The zero-order chi connectivity index (χ0) is 30.7. The molecule has 0 fully saturated rings. The quantitative estimate of drug-likeness (QED) is 0.176. The summed E-state index contributed by atoms with van der Waals surface area (Å²) in [7, 11) is -2.55. The van der Waals surface area contributed by atoms with Crippen molar-refractivity contribution in [2.75, 3.05) is 30.8 Å². The standard InChI is InChI=1S/C32H41N3O5S2/c1-6-8-20-33-32(37)30(7-2)34(22-25-10-9-11-27(21-25)40-4)31(36)23-35(26-14-12-24(3)13-15-26)42(38,39)29-18-16-28(41-5)17-19-29/h9-19,21,30H,6-8,20,22-23H2,1-5H3,(H,33,37). The lowest BCUT2D eigenvalue weighted by Gasteiger charge is -2.33. The van der Waals surface area contributed by atoms with Crippen molar-refractivity contribution in [2.45, 2.75) is 62.4 Å². The predicted octanol–water partition coefficient (Wildman–Crippen LogP) is 5.64. The molecule has 0 saturated carbocycles.